The van der Waals surface area contributed by atoms with Crippen LogP contribution in [0.25, 0.3) is 0 Å². The average Bonchev–Trinajstić information content (AvgIpc) is 2.16. The Bertz CT molecular complexity index is 217. The minimum absolute atomic E-state index is 0.180. The third-order valence-corrected chi connectivity index (χ3v) is 2.48. The van der Waals surface area contributed by atoms with Crippen molar-refractivity contribution in [3.05, 3.63) is 0 Å². The molecule has 0 aromatic heterocycles. The third-order valence-electron chi connectivity index (χ3n) is 2.48. The van der Waals surface area contributed by atoms with Crippen molar-refractivity contribution in [1.82, 2.24) is 10.2 Å². The fourth-order valence-corrected chi connectivity index (χ4v) is 1.71. The summed E-state index contributed by atoms with van der Waals surface area (Å²) in [4.78, 5) is 13.6. The van der Waals surface area contributed by atoms with Crippen molar-refractivity contribution in [2.45, 2.75) is 32.8 Å². The molecule has 4 nitrogen and oxygen atoms in total. The smallest absolute Gasteiger partial charge is 0.236 e. The van der Waals surface area contributed by atoms with Crippen LogP contribution in [0.1, 0.15) is 27.2 Å². The molecule has 0 aromatic carbocycles. The van der Waals surface area contributed by atoms with E-state index in [1.807, 2.05) is 18.7 Å². The first-order chi connectivity index (χ1) is 7.05. The third kappa shape index (κ3) is 4.18. The second-order valence-electron chi connectivity index (χ2n) is 4.60. The standard InChI is InChI=1S/C11H22N2O2/c1-4-5-12-8-10(14)13-6-7-15-11(2,3)9-13/h12H,4-9H2,1-3H3. The molecule has 1 fully saturated rings. The van der Waals surface area contributed by atoms with Crippen molar-refractivity contribution < 1.29 is 9.53 Å². The molecule has 1 amide bonds. The Labute approximate surface area is 92.0 Å². The normalized spacial score (nSPS) is 20.3. The Morgan fingerprint density at radius 2 is 2.27 bits per heavy atom. The molecule has 15 heavy (non-hydrogen) atoms. The highest BCUT2D eigenvalue weighted by Crippen LogP contribution is 2.16. The molecule has 1 rings (SSSR count). The second kappa shape index (κ2) is 5.47. The number of morpholine rings is 1. The lowest BCUT2D eigenvalue weighted by atomic mass is 10.1. The first-order valence-corrected chi connectivity index (χ1v) is 5.67. The summed E-state index contributed by atoms with van der Waals surface area (Å²) in [5.74, 6) is 0.180. The molecular weight excluding hydrogens is 192 g/mol. The number of nitrogens with zero attached hydrogens (tertiary/aromatic N) is 1. The molecule has 1 aliphatic rings. The number of amides is 1. The summed E-state index contributed by atoms with van der Waals surface area (Å²) in [6.45, 7) is 9.54. The minimum atomic E-state index is -0.196. The van der Waals surface area contributed by atoms with Gasteiger partial charge in [0.25, 0.3) is 0 Å². The van der Waals surface area contributed by atoms with Crippen molar-refractivity contribution in [3.63, 3.8) is 0 Å². The van der Waals surface area contributed by atoms with Gasteiger partial charge in [-0.05, 0) is 26.8 Å². The molecule has 0 radical (unpaired) electrons. The molecule has 0 unspecified atom stereocenters. The van der Waals surface area contributed by atoms with Gasteiger partial charge in [-0.15, -0.1) is 0 Å². The molecule has 1 saturated heterocycles. The molecule has 1 heterocycles. The van der Waals surface area contributed by atoms with Crippen molar-refractivity contribution in [2.24, 2.45) is 0 Å². The van der Waals surface area contributed by atoms with Gasteiger partial charge in [-0.3, -0.25) is 4.79 Å². The second-order valence-corrected chi connectivity index (χ2v) is 4.60. The van der Waals surface area contributed by atoms with Crippen LogP contribution in [0.3, 0.4) is 0 Å². The Balaban J connectivity index is 2.32. The van der Waals surface area contributed by atoms with Crippen LogP contribution in [0, 0.1) is 0 Å². The molecule has 0 atom stereocenters. The maximum absolute atomic E-state index is 11.8. The molecule has 1 N–H and O–H groups in total. The maximum atomic E-state index is 11.8. The first kappa shape index (κ1) is 12.5. The van der Waals surface area contributed by atoms with Crippen LogP contribution in [0.2, 0.25) is 0 Å². The fraction of sp³-hybridized carbons (Fsp3) is 0.909. The van der Waals surface area contributed by atoms with Crippen LogP contribution in [0.4, 0.5) is 0 Å². The lowest BCUT2D eigenvalue weighted by Crippen LogP contribution is -2.52. The summed E-state index contributed by atoms with van der Waals surface area (Å²) < 4.78 is 5.56. The molecule has 88 valence electrons. The molecular formula is C11H22N2O2. The quantitative estimate of drug-likeness (QED) is 0.698. The van der Waals surface area contributed by atoms with Gasteiger partial charge in [0, 0.05) is 13.1 Å². The van der Waals surface area contributed by atoms with E-state index in [0.717, 1.165) is 19.5 Å². The molecule has 0 aliphatic carbocycles. The van der Waals surface area contributed by atoms with Gasteiger partial charge < -0.3 is 15.0 Å². The topological polar surface area (TPSA) is 41.6 Å². The number of hydrogen-bond donors (Lipinski definition) is 1. The highest BCUT2D eigenvalue weighted by atomic mass is 16.5. The van der Waals surface area contributed by atoms with E-state index < -0.39 is 0 Å². The van der Waals surface area contributed by atoms with Crippen LogP contribution in [0.15, 0.2) is 0 Å². The fourth-order valence-electron chi connectivity index (χ4n) is 1.71. The summed E-state index contributed by atoms with van der Waals surface area (Å²) in [5.41, 5.74) is -0.196. The monoisotopic (exact) mass is 214 g/mol. The van der Waals surface area contributed by atoms with E-state index in [2.05, 4.69) is 12.2 Å². The van der Waals surface area contributed by atoms with E-state index in [-0.39, 0.29) is 11.5 Å². The Hall–Kier alpha value is -0.610. The highest BCUT2D eigenvalue weighted by molar-refractivity contribution is 5.78. The van der Waals surface area contributed by atoms with Gasteiger partial charge in [-0.2, -0.15) is 0 Å². The summed E-state index contributed by atoms with van der Waals surface area (Å²) in [6, 6.07) is 0. The number of nitrogens with one attached hydrogen (secondary N) is 1. The largest absolute Gasteiger partial charge is 0.372 e. The number of rotatable bonds is 4. The first-order valence-electron chi connectivity index (χ1n) is 5.67. The van der Waals surface area contributed by atoms with Crippen LogP contribution >= 0.6 is 0 Å². The van der Waals surface area contributed by atoms with E-state index in [1.54, 1.807) is 0 Å². The average molecular weight is 214 g/mol. The Morgan fingerprint density at radius 1 is 1.53 bits per heavy atom. The van der Waals surface area contributed by atoms with Crippen molar-refractivity contribution in [2.75, 3.05) is 32.8 Å². The molecule has 4 heteroatoms. The van der Waals surface area contributed by atoms with E-state index in [1.165, 1.54) is 0 Å². The van der Waals surface area contributed by atoms with Crippen LogP contribution in [0.5, 0.6) is 0 Å². The van der Waals surface area contributed by atoms with E-state index in [4.69, 9.17) is 4.74 Å². The van der Waals surface area contributed by atoms with Crippen LogP contribution in [-0.2, 0) is 9.53 Å². The number of carbonyl (C=O) groups excluding carboxylic acids is 1. The molecule has 0 saturated carbocycles. The zero-order valence-corrected chi connectivity index (χ0v) is 10.0. The molecule has 0 spiro atoms. The van der Waals surface area contributed by atoms with Gasteiger partial charge in [0.2, 0.25) is 5.91 Å². The summed E-state index contributed by atoms with van der Waals surface area (Å²) in [5, 5.41) is 3.13. The lowest BCUT2D eigenvalue weighted by molar-refractivity contribution is -0.144. The summed E-state index contributed by atoms with van der Waals surface area (Å²) in [6.07, 6.45) is 1.06. The van der Waals surface area contributed by atoms with Crippen molar-refractivity contribution in [3.8, 4) is 0 Å². The number of ether oxygens (including phenoxy) is 1. The van der Waals surface area contributed by atoms with Gasteiger partial charge >= 0.3 is 0 Å². The van der Waals surface area contributed by atoms with Crippen LogP contribution < -0.4 is 5.32 Å². The number of carbonyl (C=O) groups is 1. The van der Waals surface area contributed by atoms with E-state index >= 15 is 0 Å². The van der Waals surface area contributed by atoms with Gasteiger partial charge in [0.1, 0.15) is 0 Å². The van der Waals surface area contributed by atoms with Crippen molar-refractivity contribution in [1.29, 1.82) is 0 Å². The molecule has 1 aliphatic heterocycles. The van der Waals surface area contributed by atoms with Crippen LogP contribution in [-0.4, -0.2) is 49.2 Å². The minimum Gasteiger partial charge on any atom is -0.372 e. The van der Waals surface area contributed by atoms with Gasteiger partial charge in [-0.1, -0.05) is 6.92 Å². The van der Waals surface area contributed by atoms with E-state index in [9.17, 15) is 4.79 Å². The van der Waals surface area contributed by atoms with E-state index in [0.29, 0.717) is 19.7 Å². The summed E-state index contributed by atoms with van der Waals surface area (Å²) in [7, 11) is 0. The highest BCUT2D eigenvalue weighted by Gasteiger charge is 2.29. The maximum Gasteiger partial charge on any atom is 0.236 e. The van der Waals surface area contributed by atoms with Gasteiger partial charge in [0.15, 0.2) is 0 Å². The predicted octanol–water partition coefficient (Wildman–Crippen LogP) is 0.623. The zero-order chi connectivity index (χ0) is 11.3. The van der Waals surface area contributed by atoms with Crippen molar-refractivity contribution >= 4 is 5.91 Å². The molecule has 0 aromatic rings. The zero-order valence-electron chi connectivity index (χ0n) is 10.0. The molecule has 0 bridgehead atoms. The Morgan fingerprint density at radius 3 is 2.87 bits per heavy atom. The number of hydrogen-bond acceptors (Lipinski definition) is 3. The predicted molar refractivity (Wildman–Crippen MR) is 59.8 cm³/mol. The lowest BCUT2D eigenvalue weighted by Gasteiger charge is -2.38. The SMILES string of the molecule is CCCNCC(=O)N1CCOC(C)(C)C1. The Kier molecular flexibility index (Phi) is 4.54. The summed E-state index contributed by atoms with van der Waals surface area (Å²) >= 11 is 0. The van der Waals surface area contributed by atoms with Gasteiger partial charge in [0.05, 0.1) is 18.8 Å². The van der Waals surface area contributed by atoms with Gasteiger partial charge in [-0.25, -0.2) is 0 Å².